The minimum atomic E-state index is -4.25. The van der Waals surface area contributed by atoms with Gasteiger partial charge in [-0.25, -0.2) is 0 Å². The predicted octanol–water partition coefficient (Wildman–Crippen LogP) is 2.77. The van der Waals surface area contributed by atoms with Crippen LogP contribution >= 0.6 is 0 Å². The zero-order chi connectivity index (χ0) is 11.1. The van der Waals surface area contributed by atoms with Gasteiger partial charge in [-0.3, -0.25) is 0 Å². The molecule has 0 saturated heterocycles. The highest BCUT2D eigenvalue weighted by Gasteiger charge is 2.38. The van der Waals surface area contributed by atoms with E-state index in [-0.39, 0.29) is 5.92 Å². The zero-order valence-electron chi connectivity index (χ0n) is 8.09. The minimum absolute atomic E-state index is 0.234. The van der Waals surface area contributed by atoms with Crippen LogP contribution in [0.2, 0.25) is 0 Å². The lowest BCUT2D eigenvalue weighted by Crippen LogP contribution is -2.06. The lowest BCUT2D eigenvalue weighted by Gasteiger charge is -2.08. The summed E-state index contributed by atoms with van der Waals surface area (Å²) in [7, 11) is 0. The van der Waals surface area contributed by atoms with E-state index in [1.54, 1.807) is 6.07 Å². The third kappa shape index (κ3) is 2.15. The van der Waals surface area contributed by atoms with Crippen LogP contribution in [0.3, 0.4) is 0 Å². The maximum Gasteiger partial charge on any atom is 0.416 e. The average Bonchev–Trinajstić information content (AvgIpc) is 2.95. The van der Waals surface area contributed by atoms with Crippen LogP contribution in [0.5, 0.6) is 0 Å². The third-order valence-electron chi connectivity index (χ3n) is 2.87. The highest BCUT2D eigenvalue weighted by molar-refractivity contribution is 5.31. The van der Waals surface area contributed by atoms with Crippen molar-refractivity contribution in [2.45, 2.75) is 18.5 Å². The summed E-state index contributed by atoms with van der Waals surface area (Å²) < 4.78 is 37.2. The van der Waals surface area contributed by atoms with Gasteiger partial charge in [-0.15, -0.1) is 0 Å². The van der Waals surface area contributed by atoms with E-state index in [2.05, 4.69) is 0 Å². The van der Waals surface area contributed by atoms with E-state index >= 15 is 0 Å². The quantitative estimate of drug-likeness (QED) is 0.806. The maximum atomic E-state index is 12.4. The molecular weight excluding hydrogens is 203 g/mol. The molecule has 82 valence electrons. The summed E-state index contributed by atoms with van der Waals surface area (Å²) in [5.74, 6) is 0.603. The van der Waals surface area contributed by atoms with Crippen LogP contribution < -0.4 is 5.73 Å². The van der Waals surface area contributed by atoms with Crippen LogP contribution in [-0.2, 0) is 6.18 Å². The second-order valence-electron chi connectivity index (χ2n) is 3.96. The summed E-state index contributed by atoms with van der Waals surface area (Å²) in [6.07, 6.45) is -3.33. The molecule has 1 aromatic carbocycles. The Bertz CT molecular complexity index is 359. The Morgan fingerprint density at radius 1 is 1.33 bits per heavy atom. The number of hydrogen-bond donors (Lipinski definition) is 1. The summed E-state index contributed by atoms with van der Waals surface area (Å²) in [4.78, 5) is 0. The Balaban J connectivity index is 2.21. The standard InChI is InChI=1S/C11H12F3N/c12-11(13,14)9-3-1-2-7(4-9)10-5-8(10)6-15/h1-4,8,10H,5-6,15H2/t8-,10+/m1/s1. The number of rotatable bonds is 2. The lowest BCUT2D eigenvalue weighted by molar-refractivity contribution is -0.137. The Hall–Kier alpha value is -1.03. The maximum absolute atomic E-state index is 12.4. The van der Waals surface area contributed by atoms with Crippen molar-refractivity contribution >= 4 is 0 Å². The van der Waals surface area contributed by atoms with Crippen LogP contribution in [0.4, 0.5) is 13.2 Å². The Morgan fingerprint density at radius 3 is 2.60 bits per heavy atom. The molecule has 0 heterocycles. The van der Waals surface area contributed by atoms with Crippen LogP contribution in [-0.4, -0.2) is 6.54 Å². The molecule has 1 aliphatic carbocycles. The molecule has 0 amide bonds. The van der Waals surface area contributed by atoms with Crippen LogP contribution in [0.25, 0.3) is 0 Å². The summed E-state index contributed by atoms with van der Waals surface area (Å²) in [5, 5.41) is 0. The Kier molecular flexibility index (Phi) is 2.46. The van der Waals surface area contributed by atoms with Gasteiger partial charge in [0, 0.05) is 0 Å². The highest BCUT2D eigenvalue weighted by atomic mass is 19.4. The minimum Gasteiger partial charge on any atom is -0.330 e. The van der Waals surface area contributed by atoms with Gasteiger partial charge >= 0.3 is 6.18 Å². The SMILES string of the molecule is NC[C@H]1C[C@H]1c1cccc(C(F)(F)F)c1. The molecule has 15 heavy (non-hydrogen) atoms. The van der Waals surface area contributed by atoms with Crippen molar-refractivity contribution in [3.8, 4) is 0 Å². The molecule has 2 rings (SSSR count). The molecule has 1 nitrogen and oxygen atoms in total. The molecule has 0 spiro atoms. The van der Waals surface area contributed by atoms with E-state index in [4.69, 9.17) is 5.73 Å². The van der Waals surface area contributed by atoms with E-state index < -0.39 is 11.7 Å². The topological polar surface area (TPSA) is 26.0 Å². The molecule has 2 atom stereocenters. The van der Waals surface area contributed by atoms with Crippen molar-refractivity contribution in [1.29, 1.82) is 0 Å². The van der Waals surface area contributed by atoms with E-state index in [1.807, 2.05) is 0 Å². The molecule has 0 unspecified atom stereocenters. The number of nitrogens with two attached hydrogens (primary N) is 1. The monoisotopic (exact) mass is 215 g/mol. The van der Waals surface area contributed by atoms with E-state index in [0.717, 1.165) is 18.1 Å². The third-order valence-corrected chi connectivity index (χ3v) is 2.87. The van der Waals surface area contributed by atoms with Crippen molar-refractivity contribution in [2.24, 2.45) is 11.7 Å². The lowest BCUT2D eigenvalue weighted by atomic mass is 10.1. The molecule has 1 saturated carbocycles. The Morgan fingerprint density at radius 2 is 2.07 bits per heavy atom. The van der Waals surface area contributed by atoms with Crippen molar-refractivity contribution in [2.75, 3.05) is 6.54 Å². The van der Waals surface area contributed by atoms with E-state index in [9.17, 15) is 13.2 Å². The molecule has 4 heteroatoms. The van der Waals surface area contributed by atoms with Crippen molar-refractivity contribution in [3.63, 3.8) is 0 Å². The fourth-order valence-corrected chi connectivity index (χ4v) is 1.86. The predicted molar refractivity (Wildman–Crippen MR) is 51.3 cm³/mol. The van der Waals surface area contributed by atoms with Gasteiger partial charge in [-0.2, -0.15) is 13.2 Å². The molecule has 0 bridgehead atoms. The first kappa shape index (κ1) is 10.5. The number of halogens is 3. The van der Waals surface area contributed by atoms with Crippen LogP contribution in [0, 0.1) is 5.92 Å². The molecule has 0 aliphatic heterocycles. The van der Waals surface area contributed by atoms with Crippen molar-refractivity contribution in [3.05, 3.63) is 35.4 Å². The number of benzene rings is 1. The highest BCUT2D eigenvalue weighted by Crippen LogP contribution is 2.47. The number of alkyl halides is 3. The second-order valence-corrected chi connectivity index (χ2v) is 3.96. The van der Waals surface area contributed by atoms with Gasteiger partial charge in [0.1, 0.15) is 0 Å². The average molecular weight is 215 g/mol. The van der Waals surface area contributed by atoms with Gasteiger partial charge < -0.3 is 5.73 Å². The summed E-state index contributed by atoms with van der Waals surface area (Å²) >= 11 is 0. The van der Waals surface area contributed by atoms with Gasteiger partial charge in [0.25, 0.3) is 0 Å². The molecule has 1 aromatic rings. The normalized spacial score (nSPS) is 25.3. The van der Waals surface area contributed by atoms with Crippen LogP contribution in [0.1, 0.15) is 23.5 Å². The molecule has 0 radical (unpaired) electrons. The van der Waals surface area contributed by atoms with Gasteiger partial charge in [0.15, 0.2) is 0 Å². The zero-order valence-corrected chi connectivity index (χ0v) is 8.09. The fraction of sp³-hybridized carbons (Fsp3) is 0.455. The Labute approximate surface area is 86.1 Å². The largest absolute Gasteiger partial charge is 0.416 e. The second kappa shape index (κ2) is 3.52. The molecule has 1 aliphatic rings. The first-order valence-electron chi connectivity index (χ1n) is 4.89. The van der Waals surface area contributed by atoms with Gasteiger partial charge in [0.2, 0.25) is 0 Å². The fourth-order valence-electron chi connectivity index (χ4n) is 1.86. The van der Waals surface area contributed by atoms with E-state index in [0.29, 0.717) is 12.5 Å². The molecule has 2 N–H and O–H groups in total. The van der Waals surface area contributed by atoms with Gasteiger partial charge in [-0.05, 0) is 36.4 Å². The summed E-state index contributed by atoms with van der Waals surface area (Å²) in [6, 6.07) is 5.54. The molecule has 0 aromatic heterocycles. The first-order valence-corrected chi connectivity index (χ1v) is 4.89. The molecule has 1 fully saturated rings. The molecular formula is C11H12F3N. The smallest absolute Gasteiger partial charge is 0.330 e. The van der Waals surface area contributed by atoms with Crippen molar-refractivity contribution < 1.29 is 13.2 Å². The summed E-state index contributed by atoms with van der Waals surface area (Å²) in [5.41, 5.74) is 5.66. The van der Waals surface area contributed by atoms with Gasteiger partial charge in [0.05, 0.1) is 5.56 Å². The first-order chi connectivity index (χ1) is 7.02. The van der Waals surface area contributed by atoms with Crippen LogP contribution in [0.15, 0.2) is 24.3 Å². The number of hydrogen-bond acceptors (Lipinski definition) is 1. The summed E-state index contributed by atoms with van der Waals surface area (Å²) in [6.45, 7) is 0.556. The van der Waals surface area contributed by atoms with Gasteiger partial charge in [-0.1, -0.05) is 18.2 Å². The van der Waals surface area contributed by atoms with Crippen molar-refractivity contribution in [1.82, 2.24) is 0 Å². The van der Waals surface area contributed by atoms with E-state index in [1.165, 1.54) is 12.1 Å².